The molecule has 26 heavy (non-hydrogen) atoms. The van der Waals surface area contributed by atoms with Crippen LogP contribution >= 0.6 is 11.6 Å². The van der Waals surface area contributed by atoms with Gasteiger partial charge in [-0.15, -0.1) is 0 Å². The van der Waals surface area contributed by atoms with Gasteiger partial charge in [-0.3, -0.25) is 0 Å². The predicted molar refractivity (Wildman–Crippen MR) is 112 cm³/mol. The van der Waals surface area contributed by atoms with Gasteiger partial charge < -0.3 is 0 Å². The van der Waals surface area contributed by atoms with Gasteiger partial charge in [0.25, 0.3) is 0 Å². The fraction of sp³-hybridized carbons (Fsp3) is 0.0400. The van der Waals surface area contributed by atoms with Gasteiger partial charge >= 0.3 is 0 Å². The molecule has 0 aliphatic heterocycles. The van der Waals surface area contributed by atoms with Crippen molar-refractivity contribution in [2.75, 3.05) is 0 Å². The lowest BCUT2D eigenvalue weighted by Crippen LogP contribution is -1.89. The van der Waals surface area contributed by atoms with Crippen molar-refractivity contribution in [1.29, 1.82) is 0 Å². The summed E-state index contributed by atoms with van der Waals surface area (Å²) in [5, 5.41) is 0.759. The van der Waals surface area contributed by atoms with Crippen molar-refractivity contribution in [3.05, 3.63) is 108 Å². The number of rotatable bonds is 3. The van der Waals surface area contributed by atoms with E-state index in [4.69, 9.17) is 11.6 Å². The van der Waals surface area contributed by atoms with Crippen molar-refractivity contribution in [2.45, 2.75) is 6.92 Å². The minimum Gasteiger partial charge on any atom is -0.0843 e. The Morgan fingerprint density at radius 1 is 0.500 bits per heavy atom. The highest BCUT2D eigenvalue weighted by Crippen LogP contribution is 2.35. The van der Waals surface area contributed by atoms with Gasteiger partial charge in [-0.2, -0.15) is 0 Å². The van der Waals surface area contributed by atoms with Crippen molar-refractivity contribution in [3.8, 4) is 33.4 Å². The van der Waals surface area contributed by atoms with E-state index in [0.29, 0.717) is 0 Å². The molecule has 4 rings (SSSR count). The molecule has 0 heterocycles. The van der Waals surface area contributed by atoms with Crippen LogP contribution in [0.2, 0.25) is 5.02 Å². The van der Waals surface area contributed by atoms with E-state index in [9.17, 15) is 0 Å². The molecule has 0 amide bonds. The lowest BCUT2D eigenvalue weighted by molar-refractivity contribution is 1.45. The maximum Gasteiger partial charge on any atom is 0.0406 e. The van der Waals surface area contributed by atoms with E-state index in [0.717, 1.165) is 5.02 Å². The van der Waals surface area contributed by atoms with Gasteiger partial charge in [-0.05, 0) is 58.0 Å². The molecule has 0 nitrogen and oxygen atoms in total. The number of hydrogen-bond acceptors (Lipinski definition) is 0. The smallest absolute Gasteiger partial charge is 0.0406 e. The first kappa shape index (κ1) is 16.6. The molecule has 1 heteroatoms. The molecular formula is C25H19Cl. The minimum atomic E-state index is 0.759. The first-order valence-corrected chi connectivity index (χ1v) is 9.11. The molecule has 126 valence electrons. The number of hydrogen-bond donors (Lipinski definition) is 0. The summed E-state index contributed by atoms with van der Waals surface area (Å²) in [7, 11) is 0. The quantitative estimate of drug-likeness (QED) is 0.354. The molecule has 0 unspecified atom stereocenters. The first-order chi connectivity index (χ1) is 12.7. The highest BCUT2D eigenvalue weighted by atomic mass is 35.5. The Bertz CT molecular complexity index is 1030. The summed E-state index contributed by atoms with van der Waals surface area (Å²) in [5.74, 6) is 0. The third-order valence-corrected chi connectivity index (χ3v) is 4.96. The van der Waals surface area contributed by atoms with Gasteiger partial charge in [-0.1, -0.05) is 96.5 Å². The van der Waals surface area contributed by atoms with Gasteiger partial charge in [-0.25, -0.2) is 0 Å². The molecule has 0 saturated carbocycles. The molecule has 0 aromatic heterocycles. The van der Waals surface area contributed by atoms with Crippen LogP contribution in [0.4, 0.5) is 0 Å². The van der Waals surface area contributed by atoms with E-state index in [2.05, 4.69) is 85.8 Å². The summed E-state index contributed by atoms with van der Waals surface area (Å²) < 4.78 is 0. The van der Waals surface area contributed by atoms with Crippen molar-refractivity contribution < 1.29 is 0 Å². The molecule has 0 saturated heterocycles. The van der Waals surface area contributed by atoms with Gasteiger partial charge in [0, 0.05) is 5.02 Å². The molecule has 4 aromatic carbocycles. The van der Waals surface area contributed by atoms with Crippen molar-refractivity contribution in [3.63, 3.8) is 0 Å². The van der Waals surface area contributed by atoms with Crippen LogP contribution in [0.3, 0.4) is 0 Å². The zero-order valence-electron chi connectivity index (χ0n) is 14.6. The molecule has 0 aliphatic carbocycles. The van der Waals surface area contributed by atoms with Crippen LogP contribution in [-0.4, -0.2) is 0 Å². The largest absolute Gasteiger partial charge is 0.0843 e. The Morgan fingerprint density at radius 3 is 1.81 bits per heavy atom. The van der Waals surface area contributed by atoms with Crippen molar-refractivity contribution in [2.24, 2.45) is 0 Å². The maximum atomic E-state index is 6.06. The molecule has 0 fully saturated rings. The van der Waals surface area contributed by atoms with Gasteiger partial charge in [0.1, 0.15) is 0 Å². The molecule has 0 atom stereocenters. The van der Waals surface area contributed by atoms with E-state index in [1.165, 1.54) is 38.9 Å². The normalized spacial score (nSPS) is 10.7. The summed E-state index contributed by atoms with van der Waals surface area (Å²) in [6.45, 7) is 2.18. The van der Waals surface area contributed by atoms with E-state index < -0.39 is 0 Å². The fourth-order valence-corrected chi connectivity index (χ4v) is 3.50. The molecule has 0 bridgehead atoms. The zero-order valence-corrected chi connectivity index (χ0v) is 15.4. The number of benzene rings is 4. The minimum absolute atomic E-state index is 0.759. The third kappa shape index (κ3) is 3.29. The summed E-state index contributed by atoms with van der Waals surface area (Å²) >= 11 is 6.06. The van der Waals surface area contributed by atoms with Gasteiger partial charge in [0.15, 0.2) is 0 Å². The Balaban J connectivity index is 1.80. The number of aryl methyl sites for hydroxylation is 1. The topological polar surface area (TPSA) is 0 Å². The molecule has 0 N–H and O–H groups in total. The second kappa shape index (κ2) is 7.19. The molecular weight excluding hydrogens is 336 g/mol. The van der Waals surface area contributed by atoms with Crippen LogP contribution < -0.4 is 0 Å². The average molecular weight is 355 g/mol. The Morgan fingerprint density at radius 2 is 1.12 bits per heavy atom. The van der Waals surface area contributed by atoms with Crippen molar-refractivity contribution in [1.82, 2.24) is 0 Å². The summed E-state index contributed by atoms with van der Waals surface area (Å²) in [4.78, 5) is 0. The van der Waals surface area contributed by atoms with Gasteiger partial charge in [0.05, 0.1) is 0 Å². The Kier molecular flexibility index (Phi) is 4.60. The van der Waals surface area contributed by atoms with Crippen LogP contribution in [0.25, 0.3) is 33.4 Å². The molecule has 4 aromatic rings. The Hall–Kier alpha value is -2.83. The van der Waals surface area contributed by atoms with E-state index >= 15 is 0 Å². The SMILES string of the molecule is Cc1cc(-c2ccccc2)ccc1-c1ccccc1-c1ccc(Cl)cc1. The second-order valence-corrected chi connectivity index (χ2v) is 6.88. The van der Waals surface area contributed by atoms with Crippen LogP contribution in [0.15, 0.2) is 97.1 Å². The fourth-order valence-electron chi connectivity index (χ4n) is 3.38. The maximum absolute atomic E-state index is 6.06. The summed E-state index contributed by atoms with van der Waals surface area (Å²) in [5.41, 5.74) is 8.66. The second-order valence-electron chi connectivity index (χ2n) is 6.45. The van der Waals surface area contributed by atoms with Crippen molar-refractivity contribution >= 4 is 11.6 Å². The summed E-state index contributed by atoms with van der Waals surface area (Å²) in [6.07, 6.45) is 0. The van der Waals surface area contributed by atoms with Gasteiger partial charge in [0.2, 0.25) is 0 Å². The standard InChI is InChI=1S/C25H19Cl/c1-18-17-21(19-7-3-2-4-8-19)13-16-23(18)25-10-6-5-9-24(25)20-11-14-22(26)15-12-20/h2-17H,1H3. The first-order valence-electron chi connectivity index (χ1n) is 8.74. The average Bonchev–Trinajstić information content (AvgIpc) is 2.69. The van der Waals surface area contributed by atoms with E-state index in [-0.39, 0.29) is 0 Å². The van der Waals surface area contributed by atoms with Crippen LogP contribution in [0.1, 0.15) is 5.56 Å². The van der Waals surface area contributed by atoms with Crippen LogP contribution in [0, 0.1) is 6.92 Å². The third-order valence-electron chi connectivity index (χ3n) is 4.71. The Labute approximate surface area is 159 Å². The van der Waals surface area contributed by atoms with Crippen LogP contribution in [-0.2, 0) is 0 Å². The highest BCUT2D eigenvalue weighted by molar-refractivity contribution is 6.30. The molecule has 0 radical (unpaired) electrons. The summed E-state index contributed by atoms with van der Waals surface area (Å²) in [6, 6.07) is 33.8. The zero-order chi connectivity index (χ0) is 17.9. The highest BCUT2D eigenvalue weighted by Gasteiger charge is 2.10. The lowest BCUT2D eigenvalue weighted by atomic mass is 9.90. The van der Waals surface area contributed by atoms with E-state index in [1.54, 1.807) is 0 Å². The lowest BCUT2D eigenvalue weighted by Gasteiger charge is -2.14. The van der Waals surface area contributed by atoms with E-state index in [1.807, 2.05) is 18.2 Å². The predicted octanol–water partition coefficient (Wildman–Crippen LogP) is 7.65. The molecule has 0 aliphatic rings. The monoisotopic (exact) mass is 354 g/mol. The molecule has 0 spiro atoms. The number of halogens is 1. The van der Waals surface area contributed by atoms with Crippen LogP contribution in [0.5, 0.6) is 0 Å².